The molecule has 8 heteroatoms. The fourth-order valence-electron chi connectivity index (χ4n) is 1.50. The van der Waals surface area contributed by atoms with Gasteiger partial charge in [-0.05, 0) is 20.3 Å². The summed E-state index contributed by atoms with van der Waals surface area (Å²) in [6.07, 6.45) is -1.44. The minimum Gasteiger partial charge on any atom is -0.481 e. The average molecular weight is 304 g/mol. The van der Waals surface area contributed by atoms with Crippen LogP contribution in [0.2, 0.25) is 0 Å². The number of hydrogen-bond donors (Lipinski definition) is 2. The number of carboxylic acid groups (broad SMARTS) is 2. The molecule has 8 nitrogen and oxygen atoms in total. The first-order chi connectivity index (χ1) is 9.44. The van der Waals surface area contributed by atoms with E-state index in [-0.39, 0.29) is 0 Å². The maximum Gasteiger partial charge on any atom is 0.349 e. The smallest absolute Gasteiger partial charge is 0.349 e. The zero-order chi connectivity index (χ0) is 16.8. The molecule has 1 unspecified atom stereocenters. The lowest BCUT2D eigenvalue weighted by molar-refractivity contribution is -0.188. The Morgan fingerprint density at radius 3 is 1.86 bits per heavy atom. The Kier molecular flexibility index (Phi) is 6.34. The largest absolute Gasteiger partial charge is 0.481 e. The number of hydrogen-bond acceptors (Lipinski definition) is 6. The third-order valence-corrected chi connectivity index (χ3v) is 2.84. The molecule has 120 valence electrons. The predicted molar refractivity (Wildman–Crippen MR) is 69.5 cm³/mol. The van der Waals surface area contributed by atoms with Crippen molar-refractivity contribution in [2.24, 2.45) is 0 Å². The molecule has 0 rings (SSSR count). The average Bonchev–Trinajstić information content (AvgIpc) is 2.25. The molecular weight excluding hydrogens is 284 g/mol. The Bertz CT molecular complexity index is 421. The molecule has 21 heavy (non-hydrogen) atoms. The Morgan fingerprint density at radius 1 is 1.00 bits per heavy atom. The number of carboxylic acids is 2. The Morgan fingerprint density at radius 2 is 1.52 bits per heavy atom. The number of carbonyl (C=O) groups is 4. The van der Waals surface area contributed by atoms with Crippen LogP contribution in [-0.2, 0) is 28.7 Å². The molecule has 0 aliphatic rings. The quantitative estimate of drug-likeness (QED) is 0.635. The Balaban J connectivity index is 5.30. The van der Waals surface area contributed by atoms with Crippen LogP contribution >= 0.6 is 0 Å². The number of carbonyl (C=O) groups excluding carboxylic acids is 2. The zero-order valence-corrected chi connectivity index (χ0v) is 12.5. The second kappa shape index (κ2) is 7.05. The van der Waals surface area contributed by atoms with Crippen molar-refractivity contribution in [3.63, 3.8) is 0 Å². The molecule has 0 fully saturated rings. The maximum absolute atomic E-state index is 11.8. The molecule has 2 N–H and O–H groups in total. The van der Waals surface area contributed by atoms with Gasteiger partial charge in [0.1, 0.15) is 5.60 Å². The summed E-state index contributed by atoms with van der Waals surface area (Å²) in [6.45, 7) is 5.94. The minimum absolute atomic E-state index is 0.477. The van der Waals surface area contributed by atoms with E-state index in [1.807, 2.05) is 0 Å². The lowest BCUT2D eigenvalue weighted by atomic mass is 9.95. The van der Waals surface area contributed by atoms with Gasteiger partial charge in [-0.1, -0.05) is 6.92 Å². The van der Waals surface area contributed by atoms with Crippen molar-refractivity contribution in [3.8, 4) is 0 Å². The lowest BCUT2D eigenvalue weighted by Gasteiger charge is -2.29. The molecule has 0 amide bonds. The molecule has 0 spiro atoms. The second-order valence-corrected chi connectivity index (χ2v) is 5.23. The van der Waals surface area contributed by atoms with Gasteiger partial charge in [0.2, 0.25) is 5.60 Å². The Hall–Kier alpha value is -2.12. The molecule has 0 saturated carbocycles. The third-order valence-electron chi connectivity index (χ3n) is 2.84. The van der Waals surface area contributed by atoms with Crippen LogP contribution < -0.4 is 0 Å². The molecule has 1 atom stereocenters. The molecule has 0 aromatic carbocycles. The van der Waals surface area contributed by atoms with E-state index in [9.17, 15) is 24.3 Å². The third kappa shape index (κ3) is 6.24. The predicted octanol–water partition coefficient (Wildman–Crippen LogP) is 0.970. The van der Waals surface area contributed by atoms with Crippen LogP contribution in [0.4, 0.5) is 0 Å². The summed E-state index contributed by atoms with van der Waals surface area (Å²) in [5.41, 5.74) is -3.31. The van der Waals surface area contributed by atoms with E-state index in [2.05, 4.69) is 4.74 Å². The number of esters is 2. The van der Waals surface area contributed by atoms with Crippen LogP contribution in [0.1, 0.15) is 47.0 Å². The van der Waals surface area contributed by atoms with Crippen molar-refractivity contribution in [2.75, 3.05) is 0 Å². The monoisotopic (exact) mass is 304 g/mol. The molecule has 0 aromatic heterocycles. The van der Waals surface area contributed by atoms with Crippen molar-refractivity contribution in [2.45, 2.75) is 58.2 Å². The summed E-state index contributed by atoms with van der Waals surface area (Å²) in [6, 6.07) is 0. The zero-order valence-electron chi connectivity index (χ0n) is 12.5. The van der Waals surface area contributed by atoms with E-state index in [0.29, 0.717) is 6.42 Å². The highest BCUT2D eigenvalue weighted by Gasteiger charge is 2.47. The van der Waals surface area contributed by atoms with Crippen LogP contribution in [0.25, 0.3) is 0 Å². The normalized spacial score (nSPS) is 13.9. The maximum atomic E-state index is 11.8. The van der Waals surface area contributed by atoms with Crippen molar-refractivity contribution >= 4 is 23.9 Å². The fourth-order valence-corrected chi connectivity index (χ4v) is 1.50. The lowest BCUT2D eigenvalue weighted by Crippen LogP contribution is -2.47. The van der Waals surface area contributed by atoms with E-state index in [0.717, 1.165) is 6.92 Å². The molecule has 0 aliphatic heterocycles. The fraction of sp³-hybridized carbons (Fsp3) is 0.692. The van der Waals surface area contributed by atoms with Crippen LogP contribution in [0, 0.1) is 0 Å². The van der Waals surface area contributed by atoms with Crippen LogP contribution in [-0.4, -0.2) is 45.3 Å². The van der Waals surface area contributed by atoms with Crippen molar-refractivity contribution < 1.29 is 38.9 Å². The van der Waals surface area contributed by atoms with Gasteiger partial charge in [-0.2, -0.15) is 0 Å². The molecule has 0 radical (unpaired) electrons. The summed E-state index contributed by atoms with van der Waals surface area (Å²) in [5, 5.41) is 18.0. The van der Waals surface area contributed by atoms with Gasteiger partial charge in [0.25, 0.3) is 0 Å². The number of rotatable bonds is 8. The van der Waals surface area contributed by atoms with E-state index in [1.54, 1.807) is 20.8 Å². The van der Waals surface area contributed by atoms with Gasteiger partial charge in [-0.3, -0.25) is 14.4 Å². The van der Waals surface area contributed by atoms with Gasteiger partial charge in [0.15, 0.2) is 0 Å². The molecule has 0 aliphatic carbocycles. The van der Waals surface area contributed by atoms with Crippen molar-refractivity contribution in [3.05, 3.63) is 0 Å². The summed E-state index contributed by atoms with van der Waals surface area (Å²) >= 11 is 0. The number of ether oxygens (including phenoxy) is 2. The summed E-state index contributed by atoms with van der Waals surface area (Å²) in [7, 11) is 0. The summed E-state index contributed by atoms with van der Waals surface area (Å²) in [5.74, 6) is -5.18. The topological polar surface area (TPSA) is 127 Å². The van der Waals surface area contributed by atoms with Gasteiger partial charge >= 0.3 is 23.9 Å². The van der Waals surface area contributed by atoms with Gasteiger partial charge in [0, 0.05) is 6.92 Å². The number of aliphatic carboxylic acids is 2. The SMILES string of the molecule is CCC(C)(C)OC(=O)CC(CC(=O)O)(OC(C)=O)C(=O)O. The van der Waals surface area contributed by atoms with Gasteiger partial charge in [0.05, 0.1) is 12.8 Å². The first-order valence-electron chi connectivity index (χ1n) is 6.31. The van der Waals surface area contributed by atoms with E-state index < -0.39 is 47.9 Å². The highest BCUT2D eigenvalue weighted by Crippen LogP contribution is 2.25. The molecule has 0 saturated heterocycles. The van der Waals surface area contributed by atoms with Gasteiger partial charge in [-0.25, -0.2) is 4.79 Å². The second-order valence-electron chi connectivity index (χ2n) is 5.23. The first-order valence-corrected chi connectivity index (χ1v) is 6.31. The van der Waals surface area contributed by atoms with Gasteiger partial charge < -0.3 is 19.7 Å². The van der Waals surface area contributed by atoms with Crippen LogP contribution in [0.5, 0.6) is 0 Å². The van der Waals surface area contributed by atoms with Crippen molar-refractivity contribution in [1.82, 2.24) is 0 Å². The molecule has 0 heterocycles. The van der Waals surface area contributed by atoms with Crippen LogP contribution in [0.3, 0.4) is 0 Å². The van der Waals surface area contributed by atoms with E-state index in [4.69, 9.17) is 9.84 Å². The van der Waals surface area contributed by atoms with Gasteiger partial charge in [-0.15, -0.1) is 0 Å². The highest BCUT2D eigenvalue weighted by molar-refractivity contribution is 5.90. The summed E-state index contributed by atoms with van der Waals surface area (Å²) in [4.78, 5) is 45.0. The molecule has 0 bridgehead atoms. The van der Waals surface area contributed by atoms with Crippen molar-refractivity contribution in [1.29, 1.82) is 0 Å². The van der Waals surface area contributed by atoms with E-state index in [1.165, 1.54) is 0 Å². The standard InChI is InChI=1S/C13H20O8/c1-5-12(3,4)21-10(17)7-13(11(18)19,6-9(15)16)20-8(2)14/h5-7H2,1-4H3,(H,15,16)(H,18,19). The molecule has 0 aromatic rings. The Labute approximate surface area is 122 Å². The molecular formula is C13H20O8. The summed E-state index contributed by atoms with van der Waals surface area (Å²) < 4.78 is 9.68. The highest BCUT2D eigenvalue weighted by atomic mass is 16.6. The minimum atomic E-state index is -2.47. The first kappa shape index (κ1) is 18.9. The van der Waals surface area contributed by atoms with E-state index >= 15 is 0 Å². The van der Waals surface area contributed by atoms with Crippen LogP contribution in [0.15, 0.2) is 0 Å².